The average Bonchev–Trinajstić information content (AvgIpc) is 2.85. The van der Waals surface area contributed by atoms with Crippen LogP contribution in [0.2, 0.25) is 0 Å². The van der Waals surface area contributed by atoms with Gasteiger partial charge in [0.2, 0.25) is 0 Å². The Hall–Kier alpha value is -1.52. The topological polar surface area (TPSA) is 33.3 Å². The third kappa shape index (κ3) is 2.74. The summed E-state index contributed by atoms with van der Waals surface area (Å²) in [6.07, 6.45) is 0. The van der Waals surface area contributed by atoms with E-state index >= 15 is 0 Å². The molecule has 1 aliphatic heterocycles. The minimum atomic E-state index is 0.744. The van der Waals surface area contributed by atoms with E-state index < -0.39 is 0 Å². The van der Waals surface area contributed by atoms with Crippen LogP contribution in [0.15, 0.2) is 29.0 Å². The Balaban J connectivity index is 1.66. The number of aryl methyl sites for hydroxylation is 1. The molecule has 2 N–H and O–H groups in total. The SMILES string of the molecule is Cc1cscc1CNCc1cccc2c1OCCN2. The van der Waals surface area contributed by atoms with E-state index in [4.69, 9.17) is 4.74 Å². The maximum Gasteiger partial charge on any atom is 0.146 e. The standard InChI is InChI=1S/C15H18N2OS/c1-11-9-19-10-13(11)8-16-7-12-3-2-4-14-15(12)18-6-5-17-14/h2-4,9-10,16-17H,5-8H2,1H3. The van der Waals surface area contributed by atoms with Crippen molar-refractivity contribution < 1.29 is 4.74 Å². The van der Waals surface area contributed by atoms with Crippen LogP contribution in [0.5, 0.6) is 5.75 Å². The van der Waals surface area contributed by atoms with Crippen molar-refractivity contribution in [3.05, 3.63) is 45.6 Å². The first-order chi connectivity index (χ1) is 9.34. The molecule has 4 heteroatoms. The summed E-state index contributed by atoms with van der Waals surface area (Å²) in [5.41, 5.74) is 5.08. The molecule has 3 rings (SSSR count). The minimum absolute atomic E-state index is 0.744. The summed E-state index contributed by atoms with van der Waals surface area (Å²) in [7, 11) is 0. The molecule has 0 fully saturated rings. The predicted molar refractivity (Wildman–Crippen MR) is 80.0 cm³/mol. The fraction of sp³-hybridized carbons (Fsp3) is 0.333. The van der Waals surface area contributed by atoms with Gasteiger partial charge in [-0.25, -0.2) is 0 Å². The van der Waals surface area contributed by atoms with Crippen LogP contribution >= 0.6 is 11.3 Å². The molecular weight excluding hydrogens is 256 g/mol. The molecule has 3 nitrogen and oxygen atoms in total. The van der Waals surface area contributed by atoms with Gasteiger partial charge in [0.25, 0.3) is 0 Å². The Kier molecular flexibility index (Phi) is 3.71. The van der Waals surface area contributed by atoms with E-state index in [9.17, 15) is 0 Å². The van der Waals surface area contributed by atoms with Gasteiger partial charge < -0.3 is 15.4 Å². The van der Waals surface area contributed by atoms with E-state index in [-0.39, 0.29) is 0 Å². The molecule has 0 aliphatic carbocycles. The lowest BCUT2D eigenvalue weighted by atomic mass is 10.1. The van der Waals surface area contributed by atoms with Crippen LogP contribution in [0, 0.1) is 6.92 Å². The van der Waals surface area contributed by atoms with Crippen molar-refractivity contribution in [3.63, 3.8) is 0 Å². The van der Waals surface area contributed by atoms with Crippen LogP contribution in [-0.4, -0.2) is 13.2 Å². The van der Waals surface area contributed by atoms with E-state index in [1.165, 1.54) is 16.7 Å². The van der Waals surface area contributed by atoms with Gasteiger partial charge >= 0.3 is 0 Å². The van der Waals surface area contributed by atoms with Gasteiger partial charge in [0.1, 0.15) is 12.4 Å². The summed E-state index contributed by atoms with van der Waals surface area (Å²) in [4.78, 5) is 0. The van der Waals surface area contributed by atoms with Crippen LogP contribution in [0.25, 0.3) is 0 Å². The fourth-order valence-corrected chi connectivity index (χ4v) is 3.13. The van der Waals surface area contributed by atoms with Crippen molar-refractivity contribution in [2.45, 2.75) is 20.0 Å². The van der Waals surface area contributed by atoms with E-state index in [0.717, 1.165) is 37.7 Å². The smallest absolute Gasteiger partial charge is 0.146 e. The number of rotatable bonds is 4. The molecule has 0 saturated carbocycles. The summed E-state index contributed by atoms with van der Waals surface area (Å²) in [5, 5.41) is 11.3. The second kappa shape index (κ2) is 5.63. The van der Waals surface area contributed by atoms with Crippen LogP contribution in [0.1, 0.15) is 16.7 Å². The Labute approximate surface area is 117 Å². The molecule has 100 valence electrons. The summed E-state index contributed by atoms with van der Waals surface area (Å²) in [6, 6.07) is 6.27. The van der Waals surface area contributed by atoms with Crippen LogP contribution in [0.3, 0.4) is 0 Å². The van der Waals surface area contributed by atoms with Crippen molar-refractivity contribution in [3.8, 4) is 5.75 Å². The van der Waals surface area contributed by atoms with E-state index in [0.29, 0.717) is 0 Å². The third-order valence-electron chi connectivity index (χ3n) is 3.35. The summed E-state index contributed by atoms with van der Waals surface area (Å²) in [6.45, 7) is 5.53. The van der Waals surface area contributed by atoms with Gasteiger partial charge in [-0.2, -0.15) is 11.3 Å². The minimum Gasteiger partial charge on any atom is -0.489 e. The third-order valence-corrected chi connectivity index (χ3v) is 4.26. The number of ether oxygens (including phenoxy) is 1. The molecule has 19 heavy (non-hydrogen) atoms. The Bertz CT molecular complexity index is 565. The number of para-hydroxylation sites is 1. The Morgan fingerprint density at radius 1 is 1.26 bits per heavy atom. The lowest BCUT2D eigenvalue weighted by Crippen LogP contribution is -2.21. The predicted octanol–water partition coefficient (Wildman–Crippen LogP) is 3.15. The quantitative estimate of drug-likeness (QED) is 0.898. The van der Waals surface area contributed by atoms with Gasteiger partial charge in [0.05, 0.1) is 5.69 Å². The van der Waals surface area contributed by atoms with E-state index in [1.807, 2.05) is 0 Å². The fourth-order valence-electron chi connectivity index (χ4n) is 2.27. The number of fused-ring (bicyclic) bond motifs is 1. The second-order valence-corrected chi connectivity index (χ2v) is 5.50. The average molecular weight is 274 g/mol. The second-order valence-electron chi connectivity index (χ2n) is 4.75. The molecule has 0 bridgehead atoms. The first-order valence-electron chi connectivity index (χ1n) is 6.55. The van der Waals surface area contributed by atoms with Crippen LogP contribution in [0.4, 0.5) is 5.69 Å². The highest BCUT2D eigenvalue weighted by Gasteiger charge is 2.13. The van der Waals surface area contributed by atoms with E-state index in [1.54, 1.807) is 11.3 Å². The highest BCUT2D eigenvalue weighted by molar-refractivity contribution is 7.08. The molecule has 0 amide bonds. The maximum atomic E-state index is 5.77. The van der Waals surface area contributed by atoms with Crippen molar-refractivity contribution >= 4 is 17.0 Å². The molecule has 1 aromatic carbocycles. The van der Waals surface area contributed by atoms with Crippen LogP contribution in [-0.2, 0) is 13.1 Å². The molecule has 0 spiro atoms. The normalized spacial score (nSPS) is 13.5. The lowest BCUT2D eigenvalue weighted by molar-refractivity contribution is 0.319. The summed E-state index contributed by atoms with van der Waals surface area (Å²) >= 11 is 1.76. The molecule has 0 saturated heterocycles. The number of benzene rings is 1. The molecule has 2 aromatic rings. The van der Waals surface area contributed by atoms with Crippen molar-refractivity contribution in [2.24, 2.45) is 0 Å². The summed E-state index contributed by atoms with van der Waals surface area (Å²) < 4.78 is 5.77. The largest absolute Gasteiger partial charge is 0.489 e. The maximum absolute atomic E-state index is 5.77. The van der Waals surface area contributed by atoms with Gasteiger partial charge in [0.15, 0.2) is 0 Å². The van der Waals surface area contributed by atoms with Crippen molar-refractivity contribution in [2.75, 3.05) is 18.5 Å². The molecule has 1 aromatic heterocycles. The number of thiophene rings is 1. The Morgan fingerprint density at radius 3 is 3.00 bits per heavy atom. The Morgan fingerprint density at radius 2 is 2.16 bits per heavy atom. The molecular formula is C15H18N2OS. The van der Waals surface area contributed by atoms with Crippen molar-refractivity contribution in [1.29, 1.82) is 0 Å². The highest BCUT2D eigenvalue weighted by Crippen LogP contribution is 2.31. The number of hydrogen-bond donors (Lipinski definition) is 2. The number of anilines is 1. The van der Waals surface area contributed by atoms with Gasteiger partial charge in [-0.15, -0.1) is 0 Å². The molecule has 2 heterocycles. The first-order valence-corrected chi connectivity index (χ1v) is 7.50. The number of nitrogens with one attached hydrogen (secondary N) is 2. The zero-order valence-corrected chi connectivity index (χ0v) is 11.8. The lowest BCUT2D eigenvalue weighted by Gasteiger charge is -2.21. The molecule has 1 aliphatic rings. The van der Waals surface area contributed by atoms with E-state index in [2.05, 4.69) is 46.5 Å². The van der Waals surface area contributed by atoms with Gasteiger partial charge in [-0.1, -0.05) is 12.1 Å². The molecule has 0 atom stereocenters. The van der Waals surface area contributed by atoms with Gasteiger partial charge in [-0.05, 0) is 34.9 Å². The highest BCUT2D eigenvalue weighted by atomic mass is 32.1. The molecule has 0 radical (unpaired) electrons. The first kappa shape index (κ1) is 12.5. The van der Waals surface area contributed by atoms with Crippen LogP contribution < -0.4 is 15.4 Å². The zero-order valence-electron chi connectivity index (χ0n) is 11.0. The molecule has 0 unspecified atom stereocenters. The number of hydrogen-bond acceptors (Lipinski definition) is 4. The zero-order chi connectivity index (χ0) is 13.1. The van der Waals surface area contributed by atoms with Gasteiger partial charge in [0, 0.05) is 25.2 Å². The van der Waals surface area contributed by atoms with Crippen molar-refractivity contribution in [1.82, 2.24) is 5.32 Å². The van der Waals surface area contributed by atoms with Gasteiger partial charge in [-0.3, -0.25) is 0 Å². The summed E-state index contributed by atoms with van der Waals surface area (Å²) in [5.74, 6) is 1.00. The monoisotopic (exact) mass is 274 g/mol.